The van der Waals surface area contributed by atoms with Crippen LogP contribution in [0.15, 0.2) is 151 Å². The molecule has 0 amide bonds. The van der Waals surface area contributed by atoms with Gasteiger partial charge in [-0.1, -0.05) is 152 Å². The summed E-state index contributed by atoms with van der Waals surface area (Å²) in [5.74, 6) is 0. The van der Waals surface area contributed by atoms with Crippen LogP contribution in [0, 0.1) is 13.8 Å². The van der Waals surface area contributed by atoms with Crippen molar-refractivity contribution in [2.75, 3.05) is 0 Å². The molecule has 1 aromatic heterocycles. The van der Waals surface area contributed by atoms with Crippen molar-refractivity contribution in [1.82, 2.24) is 4.57 Å². The van der Waals surface area contributed by atoms with Crippen LogP contribution in [0.5, 0.6) is 0 Å². The highest BCUT2D eigenvalue weighted by molar-refractivity contribution is 6.02. The van der Waals surface area contributed by atoms with Crippen molar-refractivity contribution >= 4 is 16.5 Å². The van der Waals surface area contributed by atoms with Crippen LogP contribution >= 0.6 is 0 Å². The van der Waals surface area contributed by atoms with Gasteiger partial charge in [-0.25, -0.2) is 0 Å². The minimum Gasteiger partial charge on any atom is -0.313 e. The van der Waals surface area contributed by atoms with Crippen molar-refractivity contribution < 1.29 is 0 Å². The molecule has 0 atom stereocenters. The molecule has 0 fully saturated rings. The van der Waals surface area contributed by atoms with Crippen molar-refractivity contribution in [2.24, 2.45) is 0 Å². The van der Waals surface area contributed by atoms with Gasteiger partial charge >= 0.3 is 0 Å². The van der Waals surface area contributed by atoms with E-state index in [0.717, 1.165) is 12.8 Å². The molecule has 6 aromatic carbocycles. The van der Waals surface area contributed by atoms with Crippen molar-refractivity contribution in [2.45, 2.75) is 47.5 Å². The molecule has 2 aliphatic rings. The lowest BCUT2D eigenvalue weighted by atomic mass is 9.94. The summed E-state index contributed by atoms with van der Waals surface area (Å²) < 4.78 is 2.44. The van der Waals surface area contributed by atoms with Gasteiger partial charge < -0.3 is 4.57 Å². The van der Waals surface area contributed by atoms with Crippen molar-refractivity contribution in [3.8, 4) is 27.9 Å². The van der Waals surface area contributed by atoms with Crippen molar-refractivity contribution in [1.29, 1.82) is 0 Å². The Bertz CT molecular complexity index is 2260. The second-order valence-electron chi connectivity index (χ2n) is 12.7. The maximum absolute atomic E-state index is 2.44. The Labute approximate surface area is 285 Å². The van der Waals surface area contributed by atoms with Gasteiger partial charge in [0.25, 0.3) is 0 Å². The minimum absolute atomic E-state index is 0.966. The van der Waals surface area contributed by atoms with Gasteiger partial charge in [0, 0.05) is 28.8 Å². The van der Waals surface area contributed by atoms with E-state index in [4.69, 9.17) is 0 Å². The van der Waals surface area contributed by atoms with E-state index in [9.17, 15) is 0 Å². The molecule has 7 aromatic rings. The number of hydrogen-bond acceptors (Lipinski definition) is 0. The van der Waals surface area contributed by atoms with Crippen LogP contribution < -0.4 is 0 Å². The fourth-order valence-corrected chi connectivity index (χ4v) is 7.47. The normalized spacial score (nSPS) is 12.4. The molecule has 0 unspecified atom stereocenters. The van der Waals surface area contributed by atoms with Gasteiger partial charge in [0.05, 0.1) is 5.52 Å². The Morgan fingerprint density at radius 2 is 1.15 bits per heavy atom. The summed E-state index contributed by atoms with van der Waals surface area (Å²) in [6.45, 7) is 10.6. The second-order valence-corrected chi connectivity index (χ2v) is 12.7. The number of benzene rings is 6. The Kier molecular flexibility index (Phi) is 8.70. The number of aryl methyl sites for hydroxylation is 2. The molecular formula is C47H43N. The second kappa shape index (κ2) is 13.4. The lowest BCUT2D eigenvalue weighted by Crippen LogP contribution is -1.99. The smallest absolute Gasteiger partial charge is 0.0538 e. The van der Waals surface area contributed by atoms with Gasteiger partial charge in [-0.15, -0.1) is 0 Å². The molecule has 48 heavy (non-hydrogen) atoms. The van der Waals surface area contributed by atoms with E-state index >= 15 is 0 Å². The van der Waals surface area contributed by atoms with Crippen LogP contribution in [0.1, 0.15) is 59.8 Å². The van der Waals surface area contributed by atoms with Crippen molar-refractivity contribution in [3.63, 3.8) is 0 Å². The molecule has 0 saturated carbocycles. The predicted molar refractivity (Wildman–Crippen MR) is 206 cm³/mol. The molecule has 0 spiro atoms. The van der Waals surface area contributed by atoms with E-state index in [0.29, 0.717) is 0 Å². The number of fused-ring (bicyclic) bond motifs is 6. The number of nitrogens with zero attached hydrogens (tertiary/aromatic N) is 1. The van der Waals surface area contributed by atoms with Gasteiger partial charge in [-0.3, -0.25) is 0 Å². The third-order valence-corrected chi connectivity index (χ3v) is 9.69. The maximum atomic E-state index is 2.44. The van der Waals surface area contributed by atoms with Crippen LogP contribution in [-0.2, 0) is 12.8 Å². The molecule has 0 aliphatic heterocycles. The molecule has 0 N–H and O–H groups in total. The van der Waals surface area contributed by atoms with E-state index < -0.39 is 0 Å². The highest BCUT2D eigenvalue weighted by Gasteiger charge is 2.27. The molecular weight excluding hydrogens is 579 g/mol. The molecule has 0 radical (unpaired) electrons. The Hall–Kier alpha value is -5.40. The molecule has 9 rings (SSSR count). The van der Waals surface area contributed by atoms with E-state index in [1.165, 1.54) is 89.1 Å². The first-order valence-corrected chi connectivity index (χ1v) is 17.3. The fraction of sp³-hybridized carbons (Fsp3) is 0.149. The average Bonchev–Trinajstić information content (AvgIpc) is 3.77. The first-order valence-electron chi connectivity index (χ1n) is 17.3. The van der Waals surface area contributed by atoms with Gasteiger partial charge in [-0.2, -0.15) is 0 Å². The van der Waals surface area contributed by atoms with Gasteiger partial charge in [0.2, 0.25) is 0 Å². The molecule has 1 nitrogen and oxygen atoms in total. The summed E-state index contributed by atoms with van der Waals surface area (Å²) >= 11 is 0. The lowest BCUT2D eigenvalue weighted by Gasteiger charge is -2.10. The first kappa shape index (κ1) is 31.2. The number of hydrogen-bond donors (Lipinski definition) is 0. The SMILES string of the molecule is CC.CC1=C(c2ccccc2C)c2ccccc2C1.Cc1ccc(-c2ccc3c(c2)Cc2c-3c3ccccc3n2-c2ccccc2)cc1. The Balaban J connectivity index is 0.000000164. The number of aromatic nitrogens is 1. The molecule has 1 heterocycles. The quantitative estimate of drug-likeness (QED) is 0.185. The lowest BCUT2D eigenvalue weighted by molar-refractivity contribution is 1.01. The van der Waals surface area contributed by atoms with Crippen LogP contribution in [0.3, 0.4) is 0 Å². The van der Waals surface area contributed by atoms with Gasteiger partial charge in [0.1, 0.15) is 0 Å². The van der Waals surface area contributed by atoms with E-state index in [1.807, 2.05) is 13.8 Å². The molecule has 236 valence electrons. The monoisotopic (exact) mass is 621 g/mol. The molecule has 2 aliphatic carbocycles. The highest BCUT2D eigenvalue weighted by Crippen LogP contribution is 2.45. The topological polar surface area (TPSA) is 4.93 Å². The number of para-hydroxylation sites is 2. The summed E-state index contributed by atoms with van der Waals surface area (Å²) in [6.07, 6.45) is 2.06. The van der Waals surface area contributed by atoms with E-state index in [-0.39, 0.29) is 0 Å². The standard InChI is InChI=1S/C28H21N.C17H16.C2H6/c1-19-11-13-20(14-12-19)21-15-16-24-22(17-21)18-27-28(24)25-9-5-6-10-26(25)29(27)23-7-3-2-4-8-23;1-12-7-3-5-9-15(12)17-13(2)11-14-8-4-6-10-16(14)17;1-2/h2-17H,18H2,1H3;3-10H,11H2,1-2H3;1-2H3. The maximum Gasteiger partial charge on any atom is 0.0538 e. The van der Waals surface area contributed by atoms with Crippen LogP contribution in [-0.4, -0.2) is 4.57 Å². The van der Waals surface area contributed by atoms with E-state index in [1.54, 1.807) is 0 Å². The summed E-state index contributed by atoms with van der Waals surface area (Å²) in [5, 5.41) is 1.34. The predicted octanol–water partition coefficient (Wildman–Crippen LogP) is 12.6. The zero-order valence-electron chi connectivity index (χ0n) is 28.7. The first-order chi connectivity index (χ1) is 23.6. The highest BCUT2D eigenvalue weighted by atomic mass is 15.0. The van der Waals surface area contributed by atoms with Crippen LogP contribution in [0.25, 0.3) is 44.4 Å². The van der Waals surface area contributed by atoms with Crippen molar-refractivity contribution in [3.05, 3.63) is 190 Å². The summed E-state index contributed by atoms with van der Waals surface area (Å²) in [7, 11) is 0. The zero-order valence-corrected chi connectivity index (χ0v) is 28.7. The van der Waals surface area contributed by atoms with Crippen LogP contribution in [0.4, 0.5) is 0 Å². The average molecular weight is 622 g/mol. The summed E-state index contributed by atoms with van der Waals surface area (Å²) in [6, 6.07) is 52.7. The van der Waals surface area contributed by atoms with Gasteiger partial charge in [-0.05, 0) is 95.5 Å². The fourth-order valence-electron chi connectivity index (χ4n) is 7.47. The molecule has 1 heteroatoms. The molecule has 0 saturated heterocycles. The van der Waals surface area contributed by atoms with Crippen LogP contribution in [0.2, 0.25) is 0 Å². The van der Waals surface area contributed by atoms with E-state index in [2.05, 4.69) is 171 Å². The largest absolute Gasteiger partial charge is 0.313 e. The zero-order chi connectivity index (χ0) is 33.2. The molecule has 0 bridgehead atoms. The Morgan fingerprint density at radius 3 is 1.92 bits per heavy atom. The summed E-state index contributed by atoms with van der Waals surface area (Å²) in [5.41, 5.74) is 20.5. The minimum atomic E-state index is 0.966. The number of allylic oxidation sites excluding steroid dienone is 1. The van der Waals surface area contributed by atoms with Gasteiger partial charge in [0.15, 0.2) is 0 Å². The third kappa shape index (κ3) is 5.60. The third-order valence-electron chi connectivity index (χ3n) is 9.69. The summed E-state index contributed by atoms with van der Waals surface area (Å²) in [4.78, 5) is 0. The Morgan fingerprint density at radius 1 is 0.500 bits per heavy atom. The number of rotatable bonds is 3.